The number of carbonyl (C=O) groups excluding carboxylic acids is 1. The fourth-order valence-electron chi connectivity index (χ4n) is 2.69. The van der Waals surface area contributed by atoms with Gasteiger partial charge in [-0.25, -0.2) is 4.79 Å². The summed E-state index contributed by atoms with van der Waals surface area (Å²) in [5.41, 5.74) is 1.17. The molecule has 1 aromatic carbocycles. The number of carbonyl (C=O) groups is 1. The second kappa shape index (κ2) is 7.43. The molecule has 1 aliphatic rings. The van der Waals surface area contributed by atoms with Crippen LogP contribution >= 0.6 is 0 Å². The second-order valence-corrected chi connectivity index (χ2v) is 5.67. The maximum atomic E-state index is 11.9. The second-order valence-electron chi connectivity index (χ2n) is 5.67. The van der Waals surface area contributed by atoms with Crippen molar-refractivity contribution in [3.05, 3.63) is 35.9 Å². The number of rotatable bonds is 5. The van der Waals surface area contributed by atoms with Crippen LogP contribution in [-0.4, -0.2) is 43.5 Å². The summed E-state index contributed by atoms with van der Waals surface area (Å²) in [7, 11) is 0. The molecule has 1 atom stereocenters. The van der Waals surface area contributed by atoms with Crippen LogP contribution in [0.25, 0.3) is 0 Å². The van der Waals surface area contributed by atoms with Gasteiger partial charge in [-0.2, -0.15) is 0 Å². The van der Waals surface area contributed by atoms with E-state index in [0.717, 1.165) is 12.8 Å². The topological polar surface area (TPSA) is 70.6 Å². The summed E-state index contributed by atoms with van der Waals surface area (Å²) in [6.07, 6.45) is 1.79. The highest BCUT2D eigenvalue weighted by Crippen LogP contribution is 2.34. The van der Waals surface area contributed by atoms with Gasteiger partial charge < -0.3 is 20.5 Å². The predicted octanol–water partition coefficient (Wildman–Crippen LogP) is 1.41. The van der Waals surface area contributed by atoms with Crippen molar-refractivity contribution in [1.29, 1.82) is 0 Å². The fourth-order valence-corrected chi connectivity index (χ4v) is 2.69. The summed E-state index contributed by atoms with van der Waals surface area (Å²) in [5.74, 6) is 0. The van der Waals surface area contributed by atoms with Crippen molar-refractivity contribution in [2.75, 3.05) is 26.4 Å². The monoisotopic (exact) mass is 292 g/mol. The van der Waals surface area contributed by atoms with Gasteiger partial charge in [0.15, 0.2) is 0 Å². The first-order chi connectivity index (χ1) is 10.2. The van der Waals surface area contributed by atoms with Crippen LogP contribution in [0.4, 0.5) is 4.79 Å². The number of nitrogens with one attached hydrogen (secondary N) is 2. The molecule has 116 valence electrons. The SMILES string of the molecule is CC(CO)NC(=O)NCC1(c2ccccc2)CCOCC1. The molecule has 2 rings (SSSR count). The highest BCUT2D eigenvalue weighted by atomic mass is 16.5. The number of hydrogen-bond acceptors (Lipinski definition) is 3. The first-order valence-corrected chi connectivity index (χ1v) is 7.45. The molecule has 21 heavy (non-hydrogen) atoms. The van der Waals surface area contributed by atoms with E-state index in [0.29, 0.717) is 19.8 Å². The van der Waals surface area contributed by atoms with Gasteiger partial charge in [0.25, 0.3) is 0 Å². The van der Waals surface area contributed by atoms with Crippen LogP contribution < -0.4 is 10.6 Å². The van der Waals surface area contributed by atoms with Crippen molar-refractivity contribution >= 4 is 6.03 Å². The third-order valence-corrected chi connectivity index (χ3v) is 4.07. The van der Waals surface area contributed by atoms with Crippen molar-refractivity contribution < 1.29 is 14.6 Å². The Labute approximate surface area is 125 Å². The lowest BCUT2D eigenvalue weighted by atomic mass is 9.74. The lowest BCUT2D eigenvalue weighted by Gasteiger charge is -2.38. The van der Waals surface area contributed by atoms with Crippen LogP contribution in [0.2, 0.25) is 0 Å². The van der Waals surface area contributed by atoms with Crippen LogP contribution in [0.15, 0.2) is 30.3 Å². The van der Waals surface area contributed by atoms with Gasteiger partial charge in [0.2, 0.25) is 0 Å². The van der Waals surface area contributed by atoms with E-state index in [9.17, 15) is 4.79 Å². The smallest absolute Gasteiger partial charge is 0.315 e. The number of benzene rings is 1. The molecule has 0 spiro atoms. The molecular formula is C16H24N2O3. The van der Waals surface area contributed by atoms with Gasteiger partial charge >= 0.3 is 6.03 Å². The standard InChI is InChI=1S/C16H24N2O3/c1-13(11-19)18-15(20)17-12-16(7-9-21-10-8-16)14-5-3-2-4-6-14/h2-6,13,19H,7-12H2,1H3,(H2,17,18,20). The molecule has 1 aliphatic heterocycles. The number of urea groups is 1. The minimum absolute atomic E-state index is 0.0644. The summed E-state index contributed by atoms with van der Waals surface area (Å²) in [6.45, 7) is 3.70. The van der Waals surface area contributed by atoms with Crippen LogP contribution in [0.3, 0.4) is 0 Å². The van der Waals surface area contributed by atoms with E-state index in [1.54, 1.807) is 6.92 Å². The zero-order chi connectivity index (χ0) is 15.1. The minimum atomic E-state index is -0.243. The lowest BCUT2D eigenvalue weighted by Crippen LogP contribution is -2.49. The summed E-state index contributed by atoms with van der Waals surface area (Å²) >= 11 is 0. The van der Waals surface area contributed by atoms with Crippen molar-refractivity contribution in [3.63, 3.8) is 0 Å². The quantitative estimate of drug-likeness (QED) is 0.768. The molecule has 1 heterocycles. The molecule has 0 radical (unpaired) electrons. The Morgan fingerprint density at radius 1 is 1.33 bits per heavy atom. The Balaban J connectivity index is 2.02. The molecule has 1 fully saturated rings. The van der Waals surface area contributed by atoms with Crippen molar-refractivity contribution in [3.8, 4) is 0 Å². The number of hydrogen-bond donors (Lipinski definition) is 3. The maximum absolute atomic E-state index is 11.9. The van der Waals surface area contributed by atoms with Crippen LogP contribution in [0, 0.1) is 0 Å². The van der Waals surface area contributed by atoms with E-state index >= 15 is 0 Å². The molecule has 1 unspecified atom stereocenters. The van der Waals surface area contributed by atoms with Crippen molar-refractivity contribution in [1.82, 2.24) is 10.6 Å². The van der Waals surface area contributed by atoms with E-state index in [-0.39, 0.29) is 24.1 Å². The molecule has 3 N–H and O–H groups in total. The normalized spacial score (nSPS) is 18.8. The molecule has 1 saturated heterocycles. The number of aliphatic hydroxyl groups is 1. The highest BCUT2D eigenvalue weighted by molar-refractivity contribution is 5.74. The lowest BCUT2D eigenvalue weighted by molar-refractivity contribution is 0.0506. The maximum Gasteiger partial charge on any atom is 0.315 e. The molecule has 1 aromatic rings. The third-order valence-electron chi connectivity index (χ3n) is 4.07. The molecular weight excluding hydrogens is 268 g/mol. The van der Waals surface area contributed by atoms with Gasteiger partial charge in [0.05, 0.1) is 12.6 Å². The van der Waals surface area contributed by atoms with Gasteiger partial charge in [-0.05, 0) is 25.3 Å². The molecule has 2 amide bonds. The first kappa shape index (κ1) is 15.8. The number of amides is 2. The van der Waals surface area contributed by atoms with E-state index in [1.165, 1.54) is 5.56 Å². The van der Waals surface area contributed by atoms with Gasteiger partial charge in [-0.1, -0.05) is 30.3 Å². The van der Waals surface area contributed by atoms with Crippen LogP contribution in [0.1, 0.15) is 25.3 Å². The zero-order valence-corrected chi connectivity index (χ0v) is 12.5. The third kappa shape index (κ3) is 4.19. The van der Waals surface area contributed by atoms with Crippen molar-refractivity contribution in [2.24, 2.45) is 0 Å². The Morgan fingerprint density at radius 2 is 2.00 bits per heavy atom. The van der Waals surface area contributed by atoms with Crippen molar-refractivity contribution in [2.45, 2.75) is 31.2 Å². The van der Waals surface area contributed by atoms with Gasteiger partial charge in [0.1, 0.15) is 0 Å². The molecule has 5 nitrogen and oxygen atoms in total. The van der Waals surface area contributed by atoms with Gasteiger partial charge in [-0.15, -0.1) is 0 Å². The summed E-state index contributed by atoms with van der Waals surface area (Å²) in [6, 6.07) is 9.80. The van der Waals surface area contributed by atoms with E-state index < -0.39 is 0 Å². The number of aliphatic hydroxyl groups excluding tert-OH is 1. The van der Waals surface area contributed by atoms with Gasteiger partial charge in [-0.3, -0.25) is 0 Å². The summed E-state index contributed by atoms with van der Waals surface area (Å²) in [4.78, 5) is 11.9. The van der Waals surface area contributed by atoms with Crippen LogP contribution in [0.5, 0.6) is 0 Å². The molecule has 0 aromatic heterocycles. The average Bonchev–Trinajstić information content (AvgIpc) is 2.54. The summed E-state index contributed by atoms with van der Waals surface area (Å²) < 4.78 is 5.47. The first-order valence-electron chi connectivity index (χ1n) is 7.45. The highest BCUT2D eigenvalue weighted by Gasteiger charge is 2.34. The molecule has 5 heteroatoms. The zero-order valence-electron chi connectivity index (χ0n) is 12.5. The molecule has 0 aliphatic carbocycles. The minimum Gasteiger partial charge on any atom is -0.394 e. The number of ether oxygens (including phenoxy) is 1. The summed E-state index contributed by atoms with van der Waals surface area (Å²) in [5, 5.41) is 14.6. The Kier molecular flexibility index (Phi) is 5.59. The van der Waals surface area contributed by atoms with Crippen LogP contribution in [-0.2, 0) is 10.2 Å². The largest absolute Gasteiger partial charge is 0.394 e. The Hall–Kier alpha value is -1.59. The Morgan fingerprint density at radius 3 is 2.62 bits per heavy atom. The van der Waals surface area contributed by atoms with Gasteiger partial charge in [0, 0.05) is 25.2 Å². The van der Waals surface area contributed by atoms with E-state index in [1.807, 2.05) is 18.2 Å². The molecule has 0 saturated carbocycles. The molecule has 0 bridgehead atoms. The predicted molar refractivity (Wildman–Crippen MR) is 81.3 cm³/mol. The van der Waals surface area contributed by atoms with E-state index in [4.69, 9.17) is 9.84 Å². The fraction of sp³-hybridized carbons (Fsp3) is 0.562. The van der Waals surface area contributed by atoms with E-state index in [2.05, 4.69) is 22.8 Å². The Bertz CT molecular complexity index is 444. The average molecular weight is 292 g/mol.